The van der Waals surface area contributed by atoms with E-state index in [0.29, 0.717) is 12.0 Å². The van der Waals surface area contributed by atoms with Crippen LogP contribution in [0.15, 0.2) is 24.0 Å². The van der Waals surface area contributed by atoms with Gasteiger partial charge in [0.25, 0.3) is 0 Å². The Bertz CT molecular complexity index is 161. The molecule has 3 heteroatoms. The molecule has 0 aliphatic carbocycles. The third-order valence-electron chi connectivity index (χ3n) is 1.35. The summed E-state index contributed by atoms with van der Waals surface area (Å²) in [6, 6.07) is 0. The number of ether oxygens (including phenoxy) is 1. The van der Waals surface area contributed by atoms with Gasteiger partial charge in [0.15, 0.2) is 0 Å². The van der Waals surface area contributed by atoms with Gasteiger partial charge < -0.3 is 4.74 Å². The summed E-state index contributed by atoms with van der Waals surface area (Å²) in [5, 5.41) is 0. The molecular formula is C8H12F2O. The molecular weight excluding hydrogens is 150 g/mol. The second-order valence-corrected chi connectivity index (χ2v) is 2.02. The Labute approximate surface area is 65.4 Å². The maximum Gasteiger partial charge on any atom is 0.387 e. The van der Waals surface area contributed by atoms with E-state index in [1.807, 2.05) is 6.92 Å². The zero-order valence-electron chi connectivity index (χ0n) is 6.73. The van der Waals surface area contributed by atoms with E-state index in [2.05, 4.69) is 11.3 Å². The van der Waals surface area contributed by atoms with Crippen LogP contribution in [0.25, 0.3) is 0 Å². The SMILES string of the molecule is C=C/C(CC)=C(\C)OC(F)F. The quantitative estimate of drug-likeness (QED) is 0.456. The minimum Gasteiger partial charge on any atom is -0.439 e. The van der Waals surface area contributed by atoms with Gasteiger partial charge >= 0.3 is 6.61 Å². The zero-order valence-corrected chi connectivity index (χ0v) is 6.73. The molecule has 0 aliphatic rings. The van der Waals surface area contributed by atoms with Crippen LogP contribution >= 0.6 is 0 Å². The van der Waals surface area contributed by atoms with Crippen LogP contribution < -0.4 is 0 Å². The minimum atomic E-state index is -2.74. The van der Waals surface area contributed by atoms with Gasteiger partial charge in [-0.15, -0.1) is 0 Å². The van der Waals surface area contributed by atoms with Gasteiger partial charge in [-0.3, -0.25) is 0 Å². The van der Waals surface area contributed by atoms with Crippen molar-refractivity contribution in [3.8, 4) is 0 Å². The molecule has 0 bridgehead atoms. The van der Waals surface area contributed by atoms with Gasteiger partial charge in [-0.2, -0.15) is 8.78 Å². The Balaban J connectivity index is 4.23. The number of hydrogen-bond acceptors (Lipinski definition) is 1. The molecule has 64 valence electrons. The van der Waals surface area contributed by atoms with E-state index in [4.69, 9.17) is 0 Å². The maximum atomic E-state index is 11.6. The van der Waals surface area contributed by atoms with Crippen molar-refractivity contribution in [3.63, 3.8) is 0 Å². The second-order valence-electron chi connectivity index (χ2n) is 2.02. The predicted molar refractivity (Wildman–Crippen MR) is 40.3 cm³/mol. The first kappa shape index (κ1) is 10.1. The standard InChI is InChI=1S/C8H12F2O/c1-4-7(5-2)6(3)11-8(9)10/h4,8H,1,5H2,2-3H3/b7-6-. The molecule has 0 radical (unpaired) electrons. The molecule has 0 amide bonds. The van der Waals surface area contributed by atoms with E-state index in [9.17, 15) is 8.78 Å². The first-order valence-electron chi connectivity index (χ1n) is 3.38. The highest BCUT2D eigenvalue weighted by atomic mass is 19.3. The molecule has 0 heterocycles. The summed E-state index contributed by atoms with van der Waals surface area (Å²) in [4.78, 5) is 0. The van der Waals surface area contributed by atoms with E-state index in [1.165, 1.54) is 13.0 Å². The van der Waals surface area contributed by atoms with Crippen LogP contribution in [-0.2, 0) is 4.74 Å². The van der Waals surface area contributed by atoms with Gasteiger partial charge in [0.1, 0.15) is 5.76 Å². The molecule has 0 aliphatic heterocycles. The minimum absolute atomic E-state index is 0.248. The van der Waals surface area contributed by atoms with Gasteiger partial charge in [0.05, 0.1) is 0 Å². The lowest BCUT2D eigenvalue weighted by molar-refractivity contribution is -0.0962. The number of allylic oxidation sites excluding steroid dienone is 3. The van der Waals surface area contributed by atoms with Crippen LogP contribution in [0.4, 0.5) is 8.78 Å². The number of halogens is 2. The molecule has 11 heavy (non-hydrogen) atoms. The lowest BCUT2D eigenvalue weighted by Gasteiger charge is -2.07. The van der Waals surface area contributed by atoms with Crippen molar-refractivity contribution in [2.75, 3.05) is 0 Å². The van der Waals surface area contributed by atoms with E-state index in [1.54, 1.807) is 0 Å². The van der Waals surface area contributed by atoms with Crippen molar-refractivity contribution < 1.29 is 13.5 Å². The van der Waals surface area contributed by atoms with Crippen molar-refractivity contribution in [2.45, 2.75) is 26.9 Å². The van der Waals surface area contributed by atoms with Gasteiger partial charge in [-0.1, -0.05) is 19.6 Å². The summed E-state index contributed by atoms with van der Waals surface area (Å²) in [7, 11) is 0. The van der Waals surface area contributed by atoms with Gasteiger partial charge in [-0.25, -0.2) is 0 Å². The lowest BCUT2D eigenvalue weighted by atomic mass is 10.2. The Morgan fingerprint density at radius 3 is 2.45 bits per heavy atom. The third kappa shape index (κ3) is 3.75. The van der Waals surface area contributed by atoms with E-state index >= 15 is 0 Å². The highest BCUT2D eigenvalue weighted by molar-refractivity contribution is 5.18. The number of rotatable bonds is 4. The van der Waals surface area contributed by atoms with Crippen molar-refractivity contribution in [2.24, 2.45) is 0 Å². The molecule has 0 atom stereocenters. The molecule has 0 N–H and O–H groups in total. The van der Waals surface area contributed by atoms with Gasteiger partial charge in [-0.05, 0) is 18.9 Å². The van der Waals surface area contributed by atoms with Gasteiger partial charge in [0, 0.05) is 0 Å². The summed E-state index contributed by atoms with van der Waals surface area (Å²) in [6.07, 6.45) is 2.18. The average molecular weight is 162 g/mol. The second kappa shape index (κ2) is 4.88. The van der Waals surface area contributed by atoms with Crippen LogP contribution in [0.2, 0.25) is 0 Å². The van der Waals surface area contributed by atoms with E-state index in [-0.39, 0.29) is 5.76 Å². The molecule has 0 aromatic rings. The summed E-state index contributed by atoms with van der Waals surface area (Å²) in [6.45, 7) is 4.10. The van der Waals surface area contributed by atoms with Crippen molar-refractivity contribution in [1.29, 1.82) is 0 Å². The van der Waals surface area contributed by atoms with E-state index < -0.39 is 6.61 Å². The normalized spacial score (nSPS) is 12.8. The summed E-state index contributed by atoms with van der Waals surface area (Å²) in [5.41, 5.74) is 0.713. The van der Waals surface area contributed by atoms with Crippen LogP contribution in [0.5, 0.6) is 0 Å². The van der Waals surface area contributed by atoms with Crippen molar-refractivity contribution in [1.82, 2.24) is 0 Å². The monoisotopic (exact) mass is 162 g/mol. The molecule has 0 rings (SSSR count). The van der Waals surface area contributed by atoms with Gasteiger partial charge in [0.2, 0.25) is 0 Å². The Hall–Kier alpha value is -0.860. The van der Waals surface area contributed by atoms with Crippen LogP contribution in [-0.4, -0.2) is 6.61 Å². The largest absolute Gasteiger partial charge is 0.439 e. The highest BCUT2D eigenvalue weighted by Crippen LogP contribution is 2.13. The number of hydrogen-bond donors (Lipinski definition) is 0. The molecule has 0 spiro atoms. The third-order valence-corrected chi connectivity index (χ3v) is 1.35. The first-order chi connectivity index (χ1) is 5.11. The molecule has 0 aromatic carbocycles. The fourth-order valence-corrected chi connectivity index (χ4v) is 0.746. The molecule has 0 unspecified atom stereocenters. The van der Waals surface area contributed by atoms with Crippen LogP contribution in [0, 0.1) is 0 Å². The Morgan fingerprint density at radius 1 is 1.64 bits per heavy atom. The smallest absolute Gasteiger partial charge is 0.387 e. The molecule has 0 aromatic heterocycles. The molecule has 0 saturated carbocycles. The first-order valence-corrected chi connectivity index (χ1v) is 3.38. The molecule has 0 saturated heterocycles. The summed E-state index contributed by atoms with van der Waals surface area (Å²) >= 11 is 0. The Kier molecular flexibility index (Phi) is 4.50. The average Bonchev–Trinajstić information content (AvgIpc) is 1.88. The predicted octanol–water partition coefficient (Wildman–Crippen LogP) is 3.10. The Morgan fingerprint density at radius 2 is 2.18 bits per heavy atom. The lowest BCUT2D eigenvalue weighted by Crippen LogP contribution is -1.98. The van der Waals surface area contributed by atoms with Crippen molar-refractivity contribution >= 4 is 0 Å². The fourth-order valence-electron chi connectivity index (χ4n) is 0.746. The number of alkyl halides is 2. The molecule has 0 fully saturated rings. The van der Waals surface area contributed by atoms with Crippen LogP contribution in [0.3, 0.4) is 0 Å². The van der Waals surface area contributed by atoms with Crippen molar-refractivity contribution in [3.05, 3.63) is 24.0 Å². The maximum absolute atomic E-state index is 11.6. The van der Waals surface area contributed by atoms with E-state index in [0.717, 1.165) is 0 Å². The van der Waals surface area contributed by atoms with Crippen LogP contribution in [0.1, 0.15) is 20.3 Å². The highest BCUT2D eigenvalue weighted by Gasteiger charge is 2.04. The zero-order chi connectivity index (χ0) is 8.85. The topological polar surface area (TPSA) is 9.23 Å². The summed E-state index contributed by atoms with van der Waals surface area (Å²) in [5.74, 6) is 0.248. The fraction of sp³-hybridized carbons (Fsp3) is 0.500. The molecule has 1 nitrogen and oxygen atoms in total. The summed E-state index contributed by atoms with van der Waals surface area (Å²) < 4.78 is 27.4.